The number of carbonyl (C=O) groups excluding carboxylic acids is 8. The number of amides is 3. The number of nitrogens with one attached hydrogen (secondary N) is 2. The maximum atomic E-state index is 12.8. The number of esters is 2. The number of hydrogen-bond donors (Lipinski definition) is 2. The molecule has 0 spiro atoms. The van der Waals surface area contributed by atoms with Crippen LogP contribution >= 0.6 is 0 Å². The summed E-state index contributed by atoms with van der Waals surface area (Å²) >= 11 is 0. The summed E-state index contributed by atoms with van der Waals surface area (Å²) in [6, 6.07) is 12.4. The van der Waals surface area contributed by atoms with E-state index in [2.05, 4.69) is 20.3 Å². The van der Waals surface area contributed by atoms with Crippen molar-refractivity contribution in [3.63, 3.8) is 0 Å². The highest BCUT2D eigenvalue weighted by Crippen LogP contribution is 2.22. The molecule has 288 valence electrons. The van der Waals surface area contributed by atoms with Gasteiger partial charge in [0.05, 0.1) is 26.1 Å². The summed E-state index contributed by atoms with van der Waals surface area (Å²) in [4.78, 5) is 98.3. The number of benzene rings is 2. The number of nitrogens with zero attached hydrogens (tertiary/aromatic N) is 2. The molecule has 0 aliphatic carbocycles. The first-order chi connectivity index (χ1) is 25.0. The third-order valence-corrected chi connectivity index (χ3v) is 8.14. The van der Waals surface area contributed by atoms with Crippen LogP contribution in [0.15, 0.2) is 48.5 Å². The van der Waals surface area contributed by atoms with Crippen molar-refractivity contribution in [1.29, 1.82) is 0 Å². The summed E-state index contributed by atoms with van der Waals surface area (Å²) < 4.78 is 19.5. The monoisotopic (exact) mass is 740 g/mol. The van der Waals surface area contributed by atoms with Crippen LogP contribution in [-0.4, -0.2) is 104 Å². The van der Waals surface area contributed by atoms with Gasteiger partial charge in [0.2, 0.25) is 5.91 Å². The lowest BCUT2D eigenvalue weighted by atomic mass is 9.95. The van der Waals surface area contributed by atoms with Crippen LogP contribution in [0.5, 0.6) is 0 Å². The fraction of sp³-hybridized carbons (Fsp3) is 0.459. The molecule has 0 bridgehead atoms. The summed E-state index contributed by atoms with van der Waals surface area (Å²) in [5, 5.41) is 2.52. The number of Topliss-reactive ketones (excluding diaryl/α,β-unsaturated/α-hetero) is 2. The summed E-state index contributed by atoms with van der Waals surface area (Å²) in [5.41, 5.74) is 6.84. The van der Waals surface area contributed by atoms with E-state index in [0.29, 0.717) is 6.29 Å². The highest BCUT2D eigenvalue weighted by molar-refractivity contribution is 5.99. The molecule has 0 heterocycles. The van der Waals surface area contributed by atoms with Crippen LogP contribution in [0, 0.1) is 17.8 Å². The van der Waals surface area contributed by atoms with Crippen LogP contribution in [0.25, 0.3) is 11.1 Å². The Morgan fingerprint density at radius 1 is 0.660 bits per heavy atom. The summed E-state index contributed by atoms with van der Waals surface area (Å²) in [6.07, 6.45) is -1.22. The SMILES string of the molecule is COC(=O)NN(CC(C=O)C(C)C(=O)OCC(=O)c1ccc(-c2ccc(C(=O)COC(=O)C(C)CC(=O)N(NC(=O)OC)C(C)C)cc2)cc1)C(C)C. The van der Waals surface area contributed by atoms with E-state index >= 15 is 0 Å². The summed E-state index contributed by atoms with van der Waals surface area (Å²) in [6.45, 7) is 8.85. The first kappa shape index (κ1) is 43.5. The van der Waals surface area contributed by atoms with E-state index in [4.69, 9.17) is 9.47 Å². The van der Waals surface area contributed by atoms with Crippen molar-refractivity contribution in [3.8, 4) is 11.1 Å². The van der Waals surface area contributed by atoms with Gasteiger partial charge in [-0.15, -0.1) is 0 Å². The fourth-order valence-electron chi connectivity index (χ4n) is 4.75. The number of rotatable bonds is 18. The molecule has 16 heteroatoms. The number of ether oxygens (including phenoxy) is 4. The van der Waals surface area contributed by atoms with Gasteiger partial charge in [-0.25, -0.2) is 25.0 Å². The van der Waals surface area contributed by atoms with Gasteiger partial charge in [0.25, 0.3) is 0 Å². The Hall–Kier alpha value is -5.64. The molecule has 3 atom stereocenters. The van der Waals surface area contributed by atoms with Crippen molar-refractivity contribution < 1.29 is 57.3 Å². The van der Waals surface area contributed by atoms with Crippen LogP contribution in [0.2, 0.25) is 0 Å². The van der Waals surface area contributed by atoms with Gasteiger partial charge in [0, 0.05) is 42.1 Å². The van der Waals surface area contributed by atoms with Gasteiger partial charge in [-0.05, 0) is 38.8 Å². The van der Waals surface area contributed by atoms with E-state index in [1.54, 1.807) is 76.2 Å². The van der Waals surface area contributed by atoms with E-state index in [0.717, 1.165) is 23.2 Å². The lowest BCUT2D eigenvalue weighted by Gasteiger charge is -2.30. The minimum absolute atomic E-state index is 0.0187. The molecule has 0 radical (unpaired) electrons. The van der Waals surface area contributed by atoms with Crippen molar-refractivity contribution >= 4 is 47.9 Å². The number of carbonyl (C=O) groups is 8. The minimum Gasteiger partial charge on any atom is -0.457 e. The molecule has 0 saturated carbocycles. The molecule has 0 aliphatic rings. The topological polar surface area (TPSA) is 204 Å². The maximum absolute atomic E-state index is 12.8. The van der Waals surface area contributed by atoms with Crippen molar-refractivity contribution in [2.24, 2.45) is 17.8 Å². The van der Waals surface area contributed by atoms with Gasteiger partial charge in [0.15, 0.2) is 24.8 Å². The number of ketones is 2. The first-order valence-electron chi connectivity index (χ1n) is 16.9. The van der Waals surface area contributed by atoms with Crippen molar-refractivity contribution in [2.75, 3.05) is 34.0 Å². The Kier molecular flexibility index (Phi) is 17.3. The third kappa shape index (κ3) is 13.4. The Morgan fingerprint density at radius 3 is 1.53 bits per heavy atom. The van der Waals surface area contributed by atoms with E-state index in [1.165, 1.54) is 26.0 Å². The normalized spacial score (nSPS) is 12.6. The van der Waals surface area contributed by atoms with E-state index in [1.807, 2.05) is 0 Å². The quantitative estimate of drug-likeness (QED) is 0.0736. The van der Waals surface area contributed by atoms with Crippen LogP contribution in [0.1, 0.15) is 68.7 Å². The van der Waals surface area contributed by atoms with Crippen molar-refractivity contribution in [3.05, 3.63) is 59.7 Å². The lowest BCUT2D eigenvalue weighted by molar-refractivity contribution is -0.150. The number of hydrazine groups is 2. The number of aldehydes is 1. The summed E-state index contributed by atoms with van der Waals surface area (Å²) in [5.74, 6) is -5.57. The Bertz CT molecular complexity index is 1610. The molecule has 2 rings (SSSR count). The smallest absolute Gasteiger partial charge is 0.425 e. The fourth-order valence-corrected chi connectivity index (χ4v) is 4.75. The first-order valence-corrected chi connectivity index (χ1v) is 16.9. The second-order valence-corrected chi connectivity index (χ2v) is 12.7. The molecular weight excluding hydrogens is 692 g/mol. The predicted molar refractivity (Wildman–Crippen MR) is 190 cm³/mol. The van der Waals surface area contributed by atoms with E-state index < -0.39 is 78.6 Å². The van der Waals surface area contributed by atoms with Gasteiger partial charge >= 0.3 is 24.1 Å². The van der Waals surface area contributed by atoms with E-state index in [9.17, 15) is 38.4 Å². The number of methoxy groups -OCH3 is 2. The largest absolute Gasteiger partial charge is 0.457 e. The van der Waals surface area contributed by atoms with Crippen LogP contribution in [0.4, 0.5) is 9.59 Å². The average Bonchev–Trinajstić information content (AvgIpc) is 3.15. The molecule has 0 fully saturated rings. The second-order valence-electron chi connectivity index (χ2n) is 12.7. The van der Waals surface area contributed by atoms with Gasteiger partial charge in [-0.3, -0.25) is 29.4 Å². The molecule has 53 heavy (non-hydrogen) atoms. The number of hydrogen-bond acceptors (Lipinski definition) is 13. The van der Waals surface area contributed by atoms with Crippen LogP contribution in [0.3, 0.4) is 0 Å². The van der Waals surface area contributed by atoms with Gasteiger partial charge < -0.3 is 23.7 Å². The van der Waals surface area contributed by atoms with E-state index in [-0.39, 0.29) is 30.1 Å². The predicted octanol–water partition coefficient (Wildman–Crippen LogP) is 3.77. The molecule has 3 amide bonds. The minimum atomic E-state index is -0.899. The zero-order valence-electron chi connectivity index (χ0n) is 31.2. The summed E-state index contributed by atoms with van der Waals surface area (Å²) in [7, 11) is 2.36. The molecule has 0 saturated heterocycles. The van der Waals surface area contributed by atoms with Crippen molar-refractivity contribution in [2.45, 2.75) is 60.0 Å². The Labute approximate surface area is 308 Å². The average molecular weight is 741 g/mol. The van der Waals surface area contributed by atoms with Crippen molar-refractivity contribution in [1.82, 2.24) is 20.9 Å². The molecule has 16 nitrogen and oxygen atoms in total. The highest BCUT2D eigenvalue weighted by Gasteiger charge is 2.30. The molecule has 0 aromatic heterocycles. The van der Waals surface area contributed by atoms with Crippen LogP contribution < -0.4 is 10.9 Å². The Balaban J connectivity index is 1.92. The highest BCUT2D eigenvalue weighted by atomic mass is 16.6. The molecule has 2 aromatic rings. The van der Waals surface area contributed by atoms with Crippen LogP contribution in [-0.2, 0) is 38.1 Å². The zero-order chi connectivity index (χ0) is 39.8. The second kappa shape index (κ2) is 21.0. The molecule has 3 unspecified atom stereocenters. The van der Waals surface area contributed by atoms with Gasteiger partial charge in [0.1, 0.15) is 6.29 Å². The molecule has 2 aromatic carbocycles. The third-order valence-electron chi connectivity index (χ3n) is 8.14. The maximum Gasteiger partial charge on any atom is 0.425 e. The van der Waals surface area contributed by atoms with Gasteiger partial charge in [-0.2, -0.15) is 0 Å². The standard InChI is InChI=1S/C37H48N4O12/c1-22(2)40(38-36(48)50-7)18-30(19-42)25(6)35(47)53-21-32(44)29-15-11-27(12-16-29)26-9-13-28(14-10-26)31(43)20-52-34(46)24(5)17-33(45)41(23(3)4)39-37(49)51-8/h9-16,19,22-25,30H,17-18,20-21H2,1-8H3,(H,38,48)(H,39,49). The molecule has 2 N–H and O–H groups in total. The molecule has 0 aliphatic heterocycles. The zero-order valence-corrected chi connectivity index (χ0v) is 31.2. The lowest BCUT2D eigenvalue weighted by Crippen LogP contribution is -2.50. The van der Waals surface area contributed by atoms with Gasteiger partial charge in [-0.1, -0.05) is 62.4 Å². The molecular formula is C37H48N4O12. The Morgan fingerprint density at radius 2 is 1.11 bits per heavy atom.